The van der Waals surface area contributed by atoms with Crippen LogP contribution >= 0.6 is 0 Å². The molecule has 0 saturated heterocycles. The maximum absolute atomic E-state index is 14.0. The van der Waals surface area contributed by atoms with E-state index in [1.54, 1.807) is 36.5 Å². The fourth-order valence-electron chi connectivity index (χ4n) is 2.90. The Hall–Kier alpha value is -3.09. The van der Waals surface area contributed by atoms with Crippen molar-refractivity contribution in [3.63, 3.8) is 0 Å². The lowest BCUT2D eigenvalue weighted by Gasteiger charge is -2.15. The quantitative estimate of drug-likeness (QED) is 0.739. The number of nitrogens with one attached hydrogen (secondary N) is 1. The summed E-state index contributed by atoms with van der Waals surface area (Å²) in [5, 5.41) is 6.94. The first-order valence-corrected chi connectivity index (χ1v) is 7.83. The second kappa shape index (κ2) is 5.77. The molecule has 1 saturated carbocycles. The zero-order valence-electron chi connectivity index (χ0n) is 13.1. The molecule has 3 aromatic rings. The number of rotatable bonds is 4. The SMILES string of the molecule is O=C(Nc1ccn(-c2ccnc(F)c2)n1)C1(c2ccccc2F)CC1.[HH]. The number of amides is 1. The molecule has 1 amide bonds. The Balaban J connectivity index is 0.00000196. The Bertz CT molecular complexity index is 956. The summed E-state index contributed by atoms with van der Waals surface area (Å²) in [4.78, 5) is 16.1. The molecule has 4 rings (SSSR count). The van der Waals surface area contributed by atoms with Crippen molar-refractivity contribution in [2.75, 3.05) is 5.32 Å². The number of hydrogen-bond acceptors (Lipinski definition) is 3. The van der Waals surface area contributed by atoms with Gasteiger partial charge in [0, 0.05) is 31.5 Å². The Morgan fingerprint density at radius 1 is 1.20 bits per heavy atom. The largest absolute Gasteiger partial charge is 0.308 e. The first kappa shape index (κ1) is 15.4. The molecular formula is C18H16F2N4O. The van der Waals surface area contributed by atoms with Crippen LogP contribution in [-0.2, 0) is 10.2 Å². The molecule has 1 aliphatic rings. The normalized spacial score (nSPS) is 15.0. The van der Waals surface area contributed by atoms with E-state index in [4.69, 9.17) is 0 Å². The highest BCUT2D eigenvalue weighted by Gasteiger charge is 2.52. The van der Waals surface area contributed by atoms with Crippen molar-refractivity contribution in [2.24, 2.45) is 0 Å². The van der Waals surface area contributed by atoms with Crippen LogP contribution in [0.15, 0.2) is 54.9 Å². The summed E-state index contributed by atoms with van der Waals surface area (Å²) in [7, 11) is 0. The van der Waals surface area contributed by atoms with Crippen molar-refractivity contribution in [2.45, 2.75) is 18.3 Å². The maximum Gasteiger partial charge on any atom is 0.236 e. The fourth-order valence-corrected chi connectivity index (χ4v) is 2.90. The molecule has 0 spiro atoms. The van der Waals surface area contributed by atoms with E-state index >= 15 is 0 Å². The van der Waals surface area contributed by atoms with Gasteiger partial charge in [0.2, 0.25) is 11.9 Å². The van der Waals surface area contributed by atoms with Crippen molar-refractivity contribution in [3.05, 3.63) is 72.2 Å². The molecular weight excluding hydrogens is 326 g/mol. The van der Waals surface area contributed by atoms with Gasteiger partial charge in [-0.1, -0.05) is 18.2 Å². The Morgan fingerprint density at radius 2 is 2.00 bits per heavy atom. The molecule has 0 radical (unpaired) electrons. The smallest absolute Gasteiger partial charge is 0.236 e. The van der Waals surface area contributed by atoms with Gasteiger partial charge in [0.05, 0.1) is 11.1 Å². The third-order valence-electron chi connectivity index (χ3n) is 4.38. The van der Waals surface area contributed by atoms with Crippen LogP contribution in [0.25, 0.3) is 5.69 Å². The van der Waals surface area contributed by atoms with E-state index in [0.717, 1.165) is 0 Å². The van der Waals surface area contributed by atoms with Crippen LogP contribution in [0.2, 0.25) is 0 Å². The number of aromatic nitrogens is 3. The van der Waals surface area contributed by atoms with E-state index < -0.39 is 11.4 Å². The Kier molecular flexibility index (Phi) is 3.56. The molecule has 0 atom stereocenters. The minimum absolute atomic E-state index is 0. The van der Waals surface area contributed by atoms with Gasteiger partial charge in [-0.25, -0.2) is 14.1 Å². The van der Waals surface area contributed by atoms with Crippen LogP contribution < -0.4 is 5.32 Å². The van der Waals surface area contributed by atoms with Crippen molar-refractivity contribution < 1.29 is 15.0 Å². The molecule has 0 aliphatic heterocycles. The van der Waals surface area contributed by atoms with Crippen LogP contribution in [0.3, 0.4) is 0 Å². The number of halogens is 2. The summed E-state index contributed by atoms with van der Waals surface area (Å²) in [6.07, 6.45) is 4.13. The first-order valence-electron chi connectivity index (χ1n) is 7.83. The Labute approximate surface area is 143 Å². The molecule has 1 fully saturated rings. The fraction of sp³-hybridized carbons (Fsp3) is 0.167. The number of benzene rings is 1. The standard InChI is InChI=1S/C18H14F2N4O.H2/c19-14-4-2-1-3-13(14)18(7-8-18)17(25)22-16-6-10-24(23-16)12-5-9-21-15(20)11-12;/h1-6,9-11H,7-8H2,(H,22,23,25);1H. The van der Waals surface area contributed by atoms with Crippen molar-refractivity contribution >= 4 is 11.7 Å². The van der Waals surface area contributed by atoms with E-state index in [1.165, 1.54) is 23.0 Å². The number of carbonyl (C=O) groups excluding carboxylic acids is 1. The summed E-state index contributed by atoms with van der Waals surface area (Å²) in [6.45, 7) is 0. The van der Waals surface area contributed by atoms with Crippen LogP contribution in [0.1, 0.15) is 19.8 Å². The van der Waals surface area contributed by atoms with Crippen molar-refractivity contribution in [1.82, 2.24) is 14.8 Å². The van der Waals surface area contributed by atoms with Gasteiger partial charge in [-0.15, -0.1) is 0 Å². The van der Waals surface area contributed by atoms with E-state index in [0.29, 0.717) is 29.9 Å². The number of nitrogens with zero attached hydrogens (tertiary/aromatic N) is 3. The minimum Gasteiger partial charge on any atom is -0.308 e. The summed E-state index contributed by atoms with van der Waals surface area (Å²) < 4.78 is 28.7. The molecule has 1 aromatic carbocycles. The summed E-state index contributed by atoms with van der Waals surface area (Å²) in [5.41, 5.74) is 0.0594. The lowest BCUT2D eigenvalue weighted by atomic mass is 9.94. The minimum atomic E-state index is -0.835. The average molecular weight is 342 g/mol. The van der Waals surface area contributed by atoms with E-state index in [9.17, 15) is 13.6 Å². The topological polar surface area (TPSA) is 59.8 Å². The molecule has 128 valence electrons. The predicted molar refractivity (Wildman–Crippen MR) is 89.4 cm³/mol. The molecule has 7 heteroatoms. The second-order valence-electron chi connectivity index (χ2n) is 6.00. The molecule has 1 aliphatic carbocycles. The number of anilines is 1. The van der Waals surface area contributed by atoms with Crippen LogP contribution in [0.5, 0.6) is 0 Å². The zero-order chi connectivity index (χ0) is 17.4. The number of hydrogen-bond donors (Lipinski definition) is 1. The van der Waals surface area contributed by atoms with Gasteiger partial charge in [-0.2, -0.15) is 9.49 Å². The predicted octanol–water partition coefficient (Wildman–Crippen LogP) is 3.46. The molecule has 1 N–H and O–H groups in total. The van der Waals surface area contributed by atoms with Crippen LogP contribution in [0.4, 0.5) is 14.6 Å². The van der Waals surface area contributed by atoms with Crippen LogP contribution in [0, 0.1) is 11.8 Å². The lowest BCUT2D eigenvalue weighted by molar-refractivity contribution is -0.118. The number of carbonyl (C=O) groups is 1. The molecule has 2 aromatic heterocycles. The van der Waals surface area contributed by atoms with Gasteiger partial charge in [0.1, 0.15) is 5.82 Å². The summed E-state index contributed by atoms with van der Waals surface area (Å²) in [6, 6.07) is 10.8. The van der Waals surface area contributed by atoms with Gasteiger partial charge in [-0.05, 0) is 25.0 Å². The summed E-state index contributed by atoms with van der Waals surface area (Å²) >= 11 is 0. The van der Waals surface area contributed by atoms with Gasteiger partial charge in [0.15, 0.2) is 5.82 Å². The Morgan fingerprint density at radius 3 is 2.72 bits per heavy atom. The molecule has 25 heavy (non-hydrogen) atoms. The summed E-state index contributed by atoms with van der Waals surface area (Å²) in [5.74, 6) is -0.961. The highest BCUT2D eigenvalue weighted by atomic mass is 19.1. The third-order valence-corrected chi connectivity index (χ3v) is 4.38. The van der Waals surface area contributed by atoms with Crippen LogP contribution in [-0.4, -0.2) is 20.7 Å². The number of pyridine rings is 1. The maximum atomic E-state index is 14.0. The lowest BCUT2D eigenvalue weighted by Crippen LogP contribution is -2.29. The van der Waals surface area contributed by atoms with Gasteiger partial charge in [0.25, 0.3) is 0 Å². The van der Waals surface area contributed by atoms with Gasteiger partial charge < -0.3 is 5.32 Å². The third kappa shape index (κ3) is 2.77. The second-order valence-corrected chi connectivity index (χ2v) is 6.00. The van der Waals surface area contributed by atoms with Crippen molar-refractivity contribution in [1.29, 1.82) is 0 Å². The highest BCUT2D eigenvalue weighted by molar-refractivity contribution is 6.00. The molecule has 2 heterocycles. The molecule has 0 unspecified atom stereocenters. The monoisotopic (exact) mass is 342 g/mol. The van der Waals surface area contributed by atoms with Gasteiger partial charge in [-0.3, -0.25) is 4.79 Å². The van der Waals surface area contributed by atoms with E-state index in [-0.39, 0.29) is 13.2 Å². The van der Waals surface area contributed by atoms with E-state index in [1.807, 2.05) is 0 Å². The molecule has 0 bridgehead atoms. The zero-order valence-corrected chi connectivity index (χ0v) is 13.1. The average Bonchev–Trinajstić information content (AvgIpc) is 3.28. The first-order chi connectivity index (χ1) is 12.1. The van der Waals surface area contributed by atoms with E-state index in [2.05, 4.69) is 15.4 Å². The molecule has 5 nitrogen and oxygen atoms in total. The van der Waals surface area contributed by atoms with Gasteiger partial charge >= 0.3 is 0 Å². The highest BCUT2D eigenvalue weighted by Crippen LogP contribution is 2.49. The van der Waals surface area contributed by atoms with Crippen molar-refractivity contribution in [3.8, 4) is 5.69 Å².